The summed E-state index contributed by atoms with van der Waals surface area (Å²) in [5.41, 5.74) is 1.78. The fraction of sp³-hybridized carbons (Fsp3) is 0.286. The Labute approximate surface area is 132 Å². The summed E-state index contributed by atoms with van der Waals surface area (Å²) >= 11 is 11.1. The zero-order valence-electron chi connectivity index (χ0n) is 11.6. The van der Waals surface area contributed by atoms with Crippen molar-refractivity contribution in [1.82, 2.24) is 10.6 Å². The molecule has 112 valence electrons. The molecule has 5 nitrogen and oxygen atoms in total. The van der Waals surface area contributed by atoms with Crippen LogP contribution in [-0.2, 0) is 9.53 Å². The molecular formula is C14H15ClN2O3S. The number of thiocarbonyl (C=S) groups is 1. The Morgan fingerprint density at radius 1 is 1.52 bits per heavy atom. The minimum absolute atomic E-state index is 0.0182. The average Bonchev–Trinajstić information content (AvgIpc) is 2.41. The zero-order valence-corrected chi connectivity index (χ0v) is 13.1. The van der Waals surface area contributed by atoms with Gasteiger partial charge in [0.1, 0.15) is 5.75 Å². The second-order valence-electron chi connectivity index (χ2n) is 4.50. The van der Waals surface area contributed by atoms with E-state index >= 15 is 0 Å². The van der Waals surface area contributed by atoms with Crippen LogP contribution in [0, 0.1) is 0 Å². The van der Waals surface area contributed by atoms with Crippen LogP contribution in [-0.4, -0.2) is 22.8 Å². The first-order valence-corrected chi connectivity index (χ1v) is 7.16. The van der Waals surface area contributed by atoms with E-state index < -0.39 is 12.0 Å². The number of benzene rings is 1. The van der Waals surface area contributed by atoms with E-state index in [-0.39, 0.29) is 17.4 Å². The highest BCUT2D eigenvalue weighted by Gasteiger charge is 2.31. The number of phenolic OH excluding ortho intramolecular Hbond substituents is 1. The van der Waals surface area contributed by atoms with E-state index in [1.807, 2.05) is 0 Å². The number of phenols is 1. The molecule has 0 bridgehead atoms. The van der Waals surface area contributed by atoms with Gasteiger partial charge < -0.3 is 20.5 Å². The van der Waals surface area contributed by atoms with Gasteiger partial charge in [0, 0.05) is 5.70 Å². The average molecular weight is 327 g/mol. The van der Waals surface area contributed by atoms with Crippen LogP contribution in [0.3, 0.4) is 0 Å². The molecule has 21 heavy (non-hydrogen) atoms. The molecule has 0 saturated heterocycles. The SMILES string of the molecule is CCOC(=O)C1=C(C)NC(=S)NC1c1ccc(O)c(Cl)c1. The first-order valence-electron chi connectivity index (χ1n) is 6.37. The Balaban J connectivity index is 2.46. The molecular weight excluding hydrogens is 312 g/mol. The maximum atomic E-state index is 12.2. The molecule has 1 aromatic carbocycles. The Morgan fingerprint density at radius 3 is 2.86 bits per heavy atom. The van der Waals surface area contributed by atoms with Gasteiger partial charge in [-0.15, -0.1) is 0 Å². The second-order valence-corrected chi connectivity index (χ2v) is 5.32. The van der Waals surface area contributed by atoms with E-state index in [1.54, 1.807) is 26.0 Å². The molecule has 0 aromatic heterocycles. The molecule has 1 aliphatic rings. The van der Waals surface area contributed by atoms with E-state index in [0.717, 1.165) is 0 Å². The fourth-order valence-electron chi connectivity index (χ4n) is 2.13. The predicted molar refractivity (Wildman–Crippen MR) is 84.1 cm³/mol. The predicted octanol–water partition coefficient (Wildman–Crippen LogP) is 2.40. The van der Waals surface area contributed by atoms with Crippen molar-refractivity contribution in [2.45, 2.75) is 19.9 Å². The number of aromatic hydroxyl groups is 1. The first-order chi connectivity index (χ1) is 9.93. The largest absolute Gasteiger partial charge is 0.506 e. The number of halogens is 1. The van der Waals surface area contributed by atoms with E-state index in [9.17, 15) is 9.90 Å². The topological polar surface area (TPSA) is 70.6 Å². The maximum absolute atomic E-state index is 12.2. The lowest BCUT2D eigenvalue weighted by Gasteiger charge is -2.29. The second kappa shape index (κ2) is 6.32. The third kappa shape index (κ3) is 3.28. The number of ether oxygens (including phenoxy) is 1. The highest BCUT2D eigenvalue weighted by Crippen LogP contribution is 2.32. The van der Waals surface area contributed by atoms with Crippen LogP contribution in [0.2, 0.25) is 5.02 Å². The van der Waals surface area contributed by atoms with Crippen LogP contribution in [0.25, 0.3) is 0 Å². The fourth-order valence-corrected chi connectivity index (χ4v) is 2.59. The third-order valence-electron chi connectivity index (χ3n) is 3.07. The van der Waals surface area contributed by atoms with Gasteiger partial charge in [0.2, 0.25) is 0 Å². The number of nitrogens with one attached hydrogen (secondary N) is 2. The molecule has 0 amide bonds. The van der Waals surface area contributed by atoms with Crippen LogP contribution in [0.1, 0.15) is 25.5 Å². The molecule has 0 spiro atoms. The number of carbonyl (C=O) groups is 1. The van der Waals surface area contributed by atoms with E-state index in [1.165, 1.54) is 6.07 Å². The quantitative estimate of drug-likeness (QED) is 0.585. The number of carbonyl (C=O) groups excluding carboxylic acids is 1. The van der Waals surface area contributed by atoms with Crippen LogP contribution >= 0.6 is 23.8 Å². The van der Waals surface area contributed by atoms with Gasteiger partial charge in [0.15, 0.2) is 5.11 Å². The van der Waals surface area contributed by atoms with E-state index in [4.69, 9.17) is 28.6 Å². The molecule has 0 radical (unpaired) electrons. The Kier molecular flexibility index (Phi) is 4.69. The number of hydrogen-bond donors (Lipinski definition) is 3. The molecule has 1 unspecified atom stereocenters. The summed E-state index contributed by atoms with van der Waals surface area (Å²) in [6.07, 6.45) is 0. The van der Waals surface area contributed by atoms with Crippen LogP contribution in [0.4, 0.5) is 0 Å². The van der Waals surface area contributed by atoms with Gasteiger partial charge in [-0.2, -0.15) is 0 Å². The molecule has 3 N–H and O–H groups in total. The van der Waals surface area contributed by atoms with Gasteiger partial charge in [-0.1, -0.05) is 17.7 Å². The molecule has 7 heteroatoms. The monoisotopic (exact) mass is 326 g/mol. The van der Waals surface area contributed by atoms with E-state index in [2.05, 4.69) is 10.6 Å². The summed E-state index contributed by atoms with van der Waals surface area (Å²) in [4.78, 5) is 12.2. The maximum Gasteiger partial charge on any atom is 0.338 e. The lowest BCUT2D eigenvalue weighted by Crippen LogP contribution is -2.45. The Hall–Kier alpha value is -1.79. The standard InChI is InChI=1S/C14H15ClN2O3S/c1-3-20-13(19)11-7(2)16-14(21)17-12(11)8-4-5-10(18)9(15)6-8/h4-6,12,18H,3H2,1-2H3,(H2,16,17,21). The first kappa shape index (κ1) is 15.6. The number of esters is 1. The highest BCUT2D eigenvalue weighted by atomic mass is 35.5. The van der Waals surface area contributed by atoms with Crippen molar-refractivity contribution in [3.63, 3.8) is 0 Å². The van der Waals surface area contributed by atoms with Gasteiger partial charge in [-0.25, -0.2) is 4.79 Å². The van der Waals surface area contributed by atoms with Crippen molar-refractivity contribution < 1.29 is 14.6 Å². The van der Waals surface area contributed by atoms with Crippen LogP contribution < -0.4 is 10.6 Å². The molecule has 1 atom stereocenters. The third-order valence-corrected chi connectivity index (χ3v) is 3.59. The van der Waals surface area contributed by atoms with Crippen molar-refractivity contribution in [3.8, 4) is 5.75 Å². The lowest BCUT2D eigenvalue weighted by atomic mass is 9.95. The number of rotatable bonds is 3. The molecule has 0 aliphatic carbocycles. The van der Waals surface area contributed by atoms with Gasteiger partial charge >= 0.3 is 5.97 Å². The summed E-state index contributed by atoms with van der Waals surface area (Å²) in [5.74, 6) is -0.443. The zero-order chi connectivity index (χ0) is 15.6. The highest BCUT2D eigenvalue weighted by molar-refractivity contribution is 7.80. The minimum atomic E-state index is -0.476. The van der Waals surface area contributed by atoms with Crippen molar-refractivity contribution in [3.05, 3.63) is 40.1 Å². The van der Waals surface area contributed by atoms with Gasteiger partial charge in [-0.05, 0) is 43.8 Å². The molecule has 1 heterocycles. The lowest BCUT2D eigenvalue weighted by molar-refractivity contribution is -0.139. The van der Waals surface area contributed by atoms with Crippen molar-refractivity contribution >= 4 is 34.9 Å². The molecule has 1 aliphatic heterocycles. The Bertz CT molecular complexity index is 631. The van der Waals surface area contributed by atoms with Crippen LogP contribution in [0.5, 0.6) is 5.75 Å². The smallest absolute Gasteiger partial charge is 0.338 e. The van der Waals surface area contributed by atoms with Crippen molar-refractivity contribution in [1.29, 1.82) is 0 Å². The normalized spacial score (nSPS) is 18.0. The van der Waals surface area contributed by atoms with Gasteiger partial charge in [0.25, 0.3) is 0 Å². The van der Waals surface area contributed by atoms with Gasteiger partial charge in [0.05, 0.1) is 23.2 Å². The van der Waals surface area contributed by atoms with Gasteiger partial charge in [-0.3, -0.25) is 0 Å². The summed E-state index contributed by atoms with van der Waals surface area (Å²) in [6, 6.07) is 4.27. The van der Waals surface area contributed by atoms with Crippen LogP contribution in [0.15, 0.2) is 29.5 Å². The summed E-state index contributed by atoms with van der Waals surface area (Å²) in [6.45, 7) is 3.78. The van der Waals surface area contributed by atoms with Crippen molar-refractivity contribution in [2.75, 3.05) is 6.61 Å². The van der Waals surface area contributed by atoms with Crippen molar-refractivity contribution in [2.24, 2.45) is 0 Å². The molecule has 2 rings (SSSR count). The molecule has 0 saturated carbocycles. The summed E-state index contributed by atoms with van der Waals surface area (Å²) in [5, 5.41) is 16.1. The molecule has 1 aromatic rings. The number of hydrogen-bond acceptors (Lipinski definition) is 4. The minimum Gasteiger partial charge on any atom is -0.506 e. The summed E-state index contributed by atoms with van der Waals surface area (Å²) in [7, 11) is 0. The Morgan fingerprint density at radius 2 is 2.24 bits per heavy atom. The molecule has 0 fully saturated rings. The summed E-state index contributed by atoms with van der Waals surface area (Å²) < 4.78 is 5.09. The van der Waals surface area contributed by atoms with E-state index in [0.29, 0.717) is 21.9 Å². The number of allylic oxidation sites excluding steroid dienone is 1.